The monoisotopic (exact) mass is 292 g/mol. The second-order valence-electron chi connectivity index (χ2n) is 6.34. The van der Waals surface area contributed by atoms with Crippen molar-refractivity contribution in [2.45, 2.75) is 54.0 Å². The van der Waals surface area contributed by atoms with Crippen LogP contribution in [0.25, 0.3) is 0 Å². The Morgan fingerprint density at radius 3 is 2.29 bits per heavy atom. The maximum absolute atomic E-state index is 12.2. The molecule has 21 heavy (non-hydrogen) atoms. The number of carbonyl (C=O) groups excluding carboxylic acids is 1. The van der Waals surface area contributed by atoms with Gasteiger partial charge in [0, 0.05) is 12.1 Å². The fraction of sp³-hybridized carbons (Fsp3) is 0.588. The Hall–Kier alpha value is -1.71. The van der Waals surface area contributed by atoms with Gasteiger partial charge in [-0.25, -0.2) is 4.79 Å². The SMILES string of the molecule is CCN(C(=O)NCOc1c(C)ccc(C)c1C)C(C)(C)C. The summed E-state index contributed by atoms with van der Waals surface area (Å²) in [6.45, 7) is 15.0. The Balaban J connectivity index is 2.66. The van der Waals surface area contributed by atoms with Gasteiger partial charge in [0.25, 0.3) is 0 Å². The number of hydrogen-bond acceptors (Lipinski definition) is 2. The molecular formula is C17H28N2O2. The summed E-state index contributed by atoms with van der Waals surface area (Å²) in [6.07, 6.45) is 0. The highest BCUT2D eigenvalue weighted by Crippen LogP contribution is 2.25. The quantitative estimate of drug-likeness (QED) is 0.858. The molecule has 0 aromatic heterocycles. The predicted molar refractivity (Wildman–Crippen MR) is 86.8 cm³/mol. The number of nitrogens with one attached hydrogen (secondary N) is 1. The van der Waals surface area contributed by atoms with E-state index in [0.717, 1.165) is 16.9 Å². The Morgan fingerprint density at radius 2 is 1.76 bits per heavy atom. The molecule has 0 saturated carbocycles. The van der Waals surface area contributed by atoms with Gasteiger partial charge in [-0.1, -0.05) is 12.1 Å². The summed E-state index contributed by atoms with van der Waals surface area (Å²) >= 11 is 0. The summed E-state index contributed by atoms with van der Waals surface area (Å²) in [5.41, 5.74) is 3.18. The average Bonchev–Trinajstić information content (AvgIpc) is 2.37. The number of nitrogens with zero attached hydrogens (tertiary/aromatic N) is 1. The van der Waals surface area contributed by atoms with Crippen LogP contribution < -0.4 is 10.1 Å². The average molecular weight is 292 g/mol. The molecule has 0 saturated heterocycles. The van der Waals surface area contributed by atoms with Crippen molar-refractivity contribution >= 4 is 6.03 Å². The van der Waals surface area contributed by atoms with Gasteiger partial charge in [0.1, 0.15) is 5.75 Å². The summed E-state index contributed by atoms with van der Waals surface area (Å²) in [6, 6.07) is 4.01. The highest BCUT2D eigenvalue weighted by atomic mass is 16.5. The molecule has 0 heterocycles. The fourth-order valence-electron chi connectivity index (χ4n) is 2.34. The van der Waals surface area contributed by atoms with Crippen LogP contribution in [0, 0.1) is 20.8 Å². The Labute approximate surface area is 128 Å². The molecule has 0 atom stereocenters. The van der Waals surface area contributed by atoms with E-state index in [2.05, 4.69) is 18.3 Å². The Kier molecular flexibility index (Phi) is 5.64. The standard InChI is InChI=1S/C17H28N2O2/c1-8-19(17(5,6)7)16(20)18-11-21-15-13(3)10-9-12(2)14(15)4/h9-10H,8,11H2,1-7H3,(H,18,20). The number of amides is 2. The number of urea groups is 1. The first-order chi connectivity index (χ1) is 9.68. The second kappa shape index (κ2) is 6.83. The van der Waals surface area contributed by atoms with Crippen LogP contribution in [0.2, 0.25) is 0 Å². The van der Waals surface area contributed by atoms with E-state index in [4.69, 9.17) is 4.74 Å². The molecule has 0 aliphatic rings. The number of ether oxygens (including phenoxy) is 1. The predicted octanol–water partition coefficient (Wildman–Crippen LogP) is 3.78. The summed E-state index contributed by atoms with van der Waals surface area (Å²) in [4.78, 5) is 14.0. The fourth-order valence-corrected chi connectivity index (χ4v) is 2.34. The number of rotatable bonds is 4. The molecule has 118 valence electrons. The minimum atomic E-state index is -0.200. The van der Waals surface area contributed by atoms with Crippen molar-refractivity contribution in [3.63, 3.8) is 0 Å². The van der Waals surface area contributed by atoms with Gasteiger partial charge in [-0.05, 0) is 65.2 Å². The minimum Gasteiger partial charge on any atom is -0.473 e. The molecule has 0 fully saturated rings. The Bertz CT molecular complexity index is 504. The molecule has 0 radical (unpaired) electrons. The van der Waals surface area contributed by atoms with E-state index in [0.29, 0.717) is 6.54 Å². The molecule has 1 aromatic carbocycles. The molecule has 2 amide bonds. The third-order valence-corrected chi connectivity index (χ3v) is 3.68. The lowest BCUT2D eigenvalue weighted by molar-refractivity contribution is 0.141. The van der Waals surface area contributed by atoms with E-state index >= 15 is 0 Å². The molecule has 1 rings (SSSR count). The summed E-state index contributed by atoms with van der Waals surface area (Å²) in [7, 11) is 0. The molecule has 1 aromatic rings. The van der Waals surface area contributed by atoms with Crippen LogP contribution in [0.4, 0.5) is 4.79 Å². The minimum absolute atomic E-state index is 0.104. The molecule has 0 aliphatic carbocycles. The van der Waals surface area contributed by atoms with Crippen LogP contribution >= 0.6 is 0 Å². The van der Waals surface area contributed by atoms with Crippen molar-refractivity contribution in [3.05, 3.63) is 28.8 Å². The first-order valence-electron chi connectivity index (χ1n) is 7.43. The zero-order valence-electron chi connectivity index (χ0n) is 14.3. The van der Waals surface area contributed by atoms with Gasteiger partial charge in [-0.3, -0.25) is 0 Å². The number of hydrogen-bond donors (Lipinski definition) is 1. The number of aryl methyl sites for hydroxylation is 2. The second-order valence-corrected chi connectivity index (χ2v) is 6.34. The molecule has 0 spiro atoms. The van der Waals surface area contributed by atoms with Crippen LogP contribution in [0.1, 0.15) is 44.4 Å². The summed E-state index contributed by atoms with van der Waals surface area (Å²) < 4.78 is 5.77. The van der Waals surface area contributed by atoms with Gasteiger partial charge in [-0.2, -0.15) is 0 Å². The van der Waals surface area contributed by atoms with Crippen molar-refractivity contribution < 1.29 is 9.53 Å². The highest BCUT2D eigenvalue weighted by molar-refractivity contribution is 5.74. The van der Waals surface area contributed by atoms with E-state index < -0.39 is 0 Å². The highest BCUT2D eigenvalue weighted by Gasteiger charge is 2.24. The normalized spacial score (nSPS) is 11.2. The number of benzene rings is 1. The molecule has 4 nitrogen and oxygen atoms in total. The molecule has 1 N–H and O–H groups in total. The van der Waals surface area contributed by atoms with E-state index in [1.165, 1.54) is 5.56 Å². The van der Waals surface area contributed by atoms with E-state index in [1.807, 2.05) is 47.6 Å². The van der Waals surface area contributed by atoms with Crippen molar-refractivity contribution in [2.75, 3.05) is 13.3 Å². The van der Waals surface area contributed by atoms with Crippen molar-refractivity contribution in [2.24, 2.45) is 0 Å². The van der Waals surface area contributed by atoms with Crippen LogP contribution in [-0.4, -0.2) is 29.7 Å². The van der Waals surface area contributed by atoms with E-state index in [1.54, 1.807) is 4.90 Å². The van der Waals surface area contributed by atoms with Crippen LogP contribution in [0.15, 0.2) is 12.1 Å². The Morgan fingerprint density at radius 1 is 1.19 bits per heavy atom. The van der Waals surface area contributed by atoms with Gasteiger partial charge in [0.15, 0.2) is 6.73 Å². The molecule has 4 heteroatoms. The maximum Gasteiger partial charge on any atom is 0.320 e. The molecule has 0 unspecified atom stereocenters. The summed E-state index contributed by atoms with van der Waals surface area (Å²) in [5, 5.41) is 2.83. The molecule has 0 aliphatic heterocycles. The topological polar surface area (TPSA) is 41.6 Å². The first kappa shape index (κ1) is 17.3. The third-order valence-electron chi connectivity index (χ3n) is 3.68. The van der Waals surface area contributed by atoms with Gasteiger partial charge < -0.3 is 15.0 Å². The van der Waals surface area contributed by atoms with Gasteiger partial charge in [0.05, 0.1) is 0 Å². The molecular weight excluding hydrogens is 264 g/mol. The number of carbonyl (C=O) groups is 1. The summed E-state index contributed by atoms with van der Waals surface area (Å²) in [5.74, 6) is 0.856. The van der Waals surface area contributed by atoms with E-state index in [9.17, 15) is 4.79 Å². The van der Waals surface area contributed by atoms with Crippen LogP contribution in [0.5, 0.6) is 5.75 Å². The van der Waals surface area contributed by atoms with Crippen LogP contribution in [-0.2, 0) is 0 Å². The zero-order valence-corrected chi connectivity index (χ0v) is 14.3. The zero-order chi connectivity index (χ0) is 16.2. The van der Waals surface area contributed by atoms with Crippen LogP contribution in [0.3, 0.4) is 0 Å². The van der Waals surface area contributed by atoms with E-state index in [-0.39, 0.29) is 18.3 Å². The van der Waals surface area contributed by atoms with Gasteiger partial charge in [0.2, 0.25) is 0 Å². The van der Waals surface area contributed by atoms with Gasteiger partial charge in [-0.15, -0.1) is 0 Å². The largest absolute Gasteiger partial charge is 0.473 e. The maximum atomic E-state index is 12.2. The lowest BCUT2D eigenvalue weighted by atomic mass is 10.1. The smallest absolute Gasteiger partial charge is 0.320 e. The molecule has 0 bridgehead atoms. The third kappa shape index (κ3) is 4.38. The van der Waals surface area contributed by atoms with Crippen molar-refractivity contribution in [3.8, 4) is 5.75 Å². The van der Waals surface area contributed by atoms with Crippen molar-refractivity contribution in [1.29, 1.82) is 0 Å². The van der Waals surface area contributed by atoms with Crippen molar-refractivity contribution in [1.82, 2.24) is 10.2 Å². The lowest BCUT2D eigenvalue weighted by Crippen LogP contribution is -2.50. The van der Waals surface area contributed by atoms with Gasteiger partial charge >= 0.3 is 6.03 Å². The lowest BCUT2D eigenvalue weighted by Gasteiger charge is -2.34. The first-order valence-corrected chi connectivity index (χ1v) is 7.43.